The van der Waals surface area contributed by atoms with Gasteiger partial charge in [-0.2, -0.15) is 8.78 Å². The summed E-state index contributed by atoms with van der Waals surface area (Å²) in [4.78, 5) is 0. The van der Waals surface area contributed by atoms with E-state index in [0.717, 1.165) is 24.0 Å². The normalized spacial score (nSPS) is 11.1. The summed E-state index contributed by atoms with van der Waals surface area (Å²) in [6, 6.07) is 19.5. The van der Waals surface area contributed by atoms with Gasteiger partial charge in [-0.1, -0.05) is 55.8 Å². The molecule has 23 heavy (non-hydrogen) atoms. The molecule has 0 aliphatic carbocycles. The van der Waals surface area contributed by atoms with Crippen molar-refractivity contribution >= 4 is 10.8 Å². The summed E-state index contributed by atoms with van der Waals surface area (Å²) in [6.45, 7) is -0.617. The lowest BCUT2D eigenvalue weighted by atomic mass is 9.99. The Kier molecular flexibility index (Phi) is 4.56. The van der Waals surface area contributed by atoms with E-state index in [9.17, 15) is 8.78 Å². The van der Waals surface area contributed by atoms with Crippen molar-refractivity contribution in [2.75, 3.05) is 0 Å². The summed E-state index contributed by atoms with van der Waals surface area (Å²) >= 11 is 0. The highest BCUT2D eigenvalue weighted by Gasteiger charge is 2.05. The monoisotopic (exact) mass is 312 g/mol. The van der Waals surface area contributed by atoms with E-state index in [-0.39, 0.29) is 5.75 Å². The van der Waals surface area contributed by atoms with Crippen LogP contribution in [0.1, 0.15) is 18.9 Å². The first-order valence-corrected chi connectivity index (χ1v) is 7.73. The number of benzene rings is 3. The summed E-state index contributed by atoms with van der Waals surface area (Å²) in [7, 11) is 0. The van der Waals surface area contributed by atoms with Crippen LogP contribution in [0.3, 0.4) is 0 Å². The molecule has 0 radical (unpaired) electrons. The second-order valence-electron chi connectivity index (χ2n) is 5.55. The van der Waals surface area contributed by atoms with Crippen molar-refractivity contribution in [1.29, 1.82) is 0 Å². The van der Waals surface area contributed by atoms with Gasteiger partial charge < -0.3 is 4.74 Å². The molecular formula is C20H18F2O. The lowest BCUT2D eigenvalue weighted by Gasteiger charge is -2.08. The Labute approximate surface area is 134 Å². The van der Waals surface area contributed by atoms with Gasteiger partial charge in [0.2, 0.25) is 0 Å². The maximum atomic E-state index is 12.2. The van der Waals surface area contributed by atoms with Crippen molar-refractivity contribution in [2.45, 2.75) is 26.4 Å². The van der Waals surface area contributed by atoms with Crippen molar-refractivity contribution in [3.8, 4) is 16.9 Å². The molecular weight excluding hydrogens is 294 g/mol. The fraction of sp³-hybridized carbons (Fsp3) is 0.200. The quantitative estimate of drug-likeness (QED) is 0.556. The molecule has 0 atom stereocenters. The highest BCUT2D eigenvalue weighted by Crippen LogP contribution is 2.27. The Morgan fingerprint density at radius 3 is 2.17 bits per heavy atom. The standard InChI is InChI=1S/C20H18F2O/c1-2-3-14-4-5-18-13-17(7-6-16(18)12-14)15-8-10-19(11-9-15)23-20(21)22/h4-13,20H,2-3H2,1H3. The lowest BCUT2D eigenvalue weighted by molar-refractivity contribution is -0.0498. The van der Waals surface area contributed by atoms with Gasteiger partial charge >= 0.3 is 6.61 Å². The summed E-state index contributed by atoms with van der Waals surface area (Å²) in [5, 5.41) is 2.40. The molecule has 0 saturated carbocycles. The van der Waals surface area contributed by atoms with Gasteiger partial charge in [0.25, 0.3) is 0 Å². The van der Waals surface area contributed by atoms with Crippen LogP contribution in [-0.4, -0.2) is 6.61 Å². The Hall–Kier alpha value is -2.42. The molecule has 0 fully saturated rings. The molecule has 0 aliphatic rings. The molecule has 0 aromatic heterocycles. The van der Waals surface area contributed by atoms with E-state index in [1.54, 1.807) is 24.3 Å². The summed E-state index contributed by atoms with van der Waals surface area (Å²) in [5.74, 6) is 0.175. The van der Waals surface area contributed by atoms with Gasteiger partial charge in [-0.25, -0.2) is 0 Å². The topological polar surface area (TPSA) is 9.23 Å². The molecule has 3 heteroatoms. The number of rotatable bonds is 5. The van der Waals surface area contributed by atoms with Gasteiger partial charge in [-0.15, -0.1) is 0 Å². The number of alkyl halides is 2. The summed E-state index contributed by atoms with van der Waals surface area (Å²) in [5.41, 5.74) is 3.39. The van der Waals surface area contributed by atoms with E-state index >= 15 is 0 Å². The third kappa shape index (κ3) is 3.67. The second kappa shape index (κ2) is 6.78. The molecule has 0 bridgehead atoms. The van der Waals surface area contributed by atoms with Gasteiger partial charge in [-0.3, -0.25) is 0 Å². The molecule has 3 rings (SSSR count). The van der Waals surface area contributed by atoms with E-state index in [0.29, 0.717) is 0 Å². The van der Waals surface area contributed by atoms with Crippen molar-refractivity contribution in [3.05, 3.63) is 66.2 Å². The summed E-state index contributed by atoms with van der Waals surface area (Å²) in [6.07, 6.45) is 2.22. The van der Waals surface area contributed by atoms with Gasteiger partial charge in [0.1, 0.15) is 5.75 Å². The van der Waals surface area contributed by atoms with E-state index < -0.39 is 6.61 Å². The van der Waals surface area contributed by atoms with E-state index in [4.69, 9.17) is 0 Å². The molecule has 0 aliphatic heterocycles. The van der Waals surface area contributed by atoms with E-state index in [1.165, 1.54) is 16.3 Å². The maximum absolute atomic E-state index is 12.2. The molecule has 0 amide bonds. The largest absolute Gasteiger partial charge is 0.435 e. The van der Waals surface area contributed by atoms with Crippen LogP contribution < -0.4 is 4.74 Å². The number of hydrogen-bond acceptors (Lipinski definition) is 1. The van der Waals surface area contributed by atoms with Crippen LogP contribution >= 0.6 is 0 Å². The molecule has 0 spiro atoms. The average molecular weight is 312 g/mol. The van der Waals surface area contributed by atoms with Crippen molar-refractivity contribution in [3.63, 3.8) is 0 Å². The zero-order chi connectivity index (χ0) is 16.2. The van der Waals surface area contributed by atoms with Crippen LogP contribution in [0, 0.1) is 0 Å². The predicted molar refractivity (Wildman–Crippen MR) is 90.0 cm³/mol. The predicted octanol–water partition coefficient (Wildman–Crippen LogP) is 6.06. The van der Waals surface area contributed by atoms with E-state index in [1.807, 2.05) is 0 Å². The van der Waals surface area contributed by atoms with Gasteiger partial charge in [0.05, 0.1) is 0 Å². The number of hydrogen-bond donors (Lipinski definition) is 0. The van der Waals surface area contributed by atoms with Crippen LogP contribution in [0.2, 0.25) is 0 Å². The number of fused-ring (bicyclic) bond motifs is 1. The number of aryl methyl sites for hydroxylation is 1. The molecule has 0 unspecified atom stereocenters. The molecule has 3 aromatic rings. The Morgan fingerprint density at radius 1 is 0.826 bits per heavy atom. The van der Waals surface area contributed by atoms with Gasteiger partial charge in [-0.05, 0) is 52.1 Å². The molecule has 0 saturated heterocycles. The molecule has 3 aromatic carbocycles. The van der Waals surface area contributed by atoms with Crippen molar-refractivity contribution < 1.29 is 13.5 Å². The minimum atomic E-state index is -2.79. The zero-order valence-corrected chi connectivity index (χ0v) is 12.9. The first-order chi connectivity index (χ1) is 11.2. The Morgan fingerprint density at radius 2 is 1.48 bits per heavy atom. The van der Waals surface area contributed by atoms with Gasteiger partial charge in [0, 0.05) is 0 Å². The third-order valence-corrected chi connectivity index (χ3v) is 3.86. The fourth-order valence-electron chi connectivity index (χ4n) is 2.75. The smallest absolute Gasteiger partial charge is 0.387 e. The second-order valence-corrected chi connectivity index (χ2v) is 5.55. The zero-order valence-electron chi connectivity index (χ0n) is 12.9. The highest BCUT2D eigenvalue weighted by molar-refractivity contribution is 5.87. The van der Waals surface area contributed by atoms with Gasteiger partial charge in [0.15, 0.2) is 0 Å². The molecule has 0 heterocycles. The van der Waals surface area contributed by atoms with Crippen LogP contribution in [0.5, 0.6) is 5.75 Å². The highest BCUT2D eigenvalue weighted by atomic mass is 19.3. The number of halogens is 2. The van der Waals surface area contributed by atoms with Crippen LogP contribution in [-0.2, 0) is 6.42 Å². The van der Waals surface area contributed by atoms with Crippen LogP contribution in [0.25, 0.3) is 21.9 Å². The molecule has 1 nitrogen and oxygen atoms in total. The van der Waals surface area contributed by atoms with Crippen LogP contribution in [0.4, 0.5) is 8.78 Å². The average Bonchev–Trinajstić information content (AvgIpc) is 2.55. The Balaban J connectivity index is 1.89. The first kappa shape index (κ1) is 15.5. The minimum absolute atomic E-state index is 0.175. The molecule has 118 valence electrons. The van der Waals surface area contributed by atoms with E-state index in [2.05, 4.69) is 48.1 Å². The maximum Gasteiger partial charge on any atom is 0.387 e. The molecule has 0 N–H and O–H groups in total. The SMILES string of the molecule is CCCc1ccc2cc(-c3ccc(OC(F)F)cc3)ccc2c1. The lowest BCUT2D eigenvalue weighted by Crippen LogP contribution is -2.01. The van der Waals surface area contributed by atoms with Crippen LogP contribution in [0.15, 0.2) is 60.7 Å². The van der Waals surface area contributed by atoms with Crippen molar-refractivity contribution in [2.24, 2.45) is 0 Å². The Bertz CT molecular complexity index is 794. The number of ether oxygens (including phenoxy) is 1. The minimum Gasteiger partial charge on any atom is -0.435 e. The third-order valence-electron chi connectivity index (χ3n) is 3.86. The van der Waals surface area contributed by atoms with Crippen molar-refractivity contribution in [1.82, 2.24) is 0 Å². The first-order valence-electron chi connectivity index (χ1n) is 7.73. The summed E-state index contributed by atoms with van der Waals surface area (Å²) < 4.78 is 28.7. The fourth-order valence-corrected chi connectivity index (χ4v) is 2.75.